The lowest BCUT2D eigenvalue weighted by Crippen LogP contribution is -2.01. The molecule has 0 spiro atoms. The Morgan fingerprint density at radius 2 is 2.00 bits per heavy atom. The van der Waals surface area contributed by atoms with Gasteiger partial charge in [-0.1, -0.05) is 12.5 Å². The number of hydrogen-bond donors (Lipinski definition) is 0. The van der Waals surface area contributed by atoms with Gasteiger partial charge in [0.15, 0.2) is 0 Å². The summed E-state index contributed by atoms with van der Waals surface area (Å²) in [5.74, 6) is 0.735. The van der Waals surface area contributed by atoms with E-state index < -0.39 is 0 Å². The molecule has 0 saturated carbocycles. The Balaban J connectivity index is 3.37. The summed E-state index contributed by atoms with van der Waals surface area (Å²) in [6, 6.07) is 0. The van der Waals surface area contributed by atoms with Crippen molar-refractivity contribution in [3.05, 3.63) is 12.2 Å². The first-order valence-electron chi connectivity index (χ1n) is 4.30. The molecule has 0 heterocycles. The molecule has 0 fully saturated rings. The molecule has 0 radical (unpaired) electrons. The minimum atomic E-state index is 0.315. The van der Waals surface area contributed by atoms with Crippen molar-refractivity contribution in [3.8, 4) is 0 Å². The van der Waals surface area contributed by atoms with Crippen molar-refractivity contribution in [1.82, 2.24) is 0 Å². The quantitative estimate of drug-likeness (QED) is 0.437. The molecule has 0 N–H and O–H groups in total. The van der Waals surface area contributed by atoms with Gasteiger partial charge in [-0.15, -0.1) is 18.2 Å². The lowest BCUT2D eigenvalue weighted by molar-refractivity contribution is 0.489. The Morgan fingerprint density at radius 1 is 1.45 bits per heavy atom. The average molecular weight is 175 g/mol. The summed E-state index contributed by atoms with van der Waals surface area (Å²) in [5, 5.41) is 0.315. The van der Waals surface area contributed by atoms with Crippen molar-refractivity contribution in [2.75, 3.05) is 0 Å². The molecular formula is C10H19Cl. The lowest BCUT2D eigenvalue weighted by Gasteiger charge is -2.11. The molecule has 0 aromatic heterocycles. The molecule has 2 atom stereocenters. The third kappa shape index (κ3) is 7.93. The van der Waals surface area contributed by atoms with Crippen molar-refractivity contribution in [2.24, 2.45) is 5.92 Å². The van der Waals surface area contributed by atoms with Crippen LogP contribution < -0.4 is 0 Å². The maximum absolute atomic E-state index is 5.87. The Bertz CT molecular complexity index is 116. The SMILES string of the molecule is C=C(C)CCC(C)CC(C)Cl. The first-order valence-corrected chi connectivity index (χ1v) is 4.74. The van der Waals surface area contributed by atoms with Crippen LogP contribution in [0.5, 0.6) is 0 Å². The number of halogens is 1. The van der Waals surface area contributed by atoms with Gasteiger partial charge in [-0.25, -0.2) is 0 Å². The molecule has 0 aliphatic rings. The third-order valence-electron chi connectivity index (χ3n) is 1.79. The van der Waals surface area contributed by atoms with E-state index in [9.17, 15) is 0 Å². The molecule has 0 aliphatic carbocycles. The number of alkyl halides is 1. The van der Waals surface area contributed by atoms with E-state index in [0.717, 1.165) is 18.8 Å². The van der Waals surface area contributed by atoms with Crippen LogP contribution in [0.15, 0.2) is 12.2 Å². The standard InChI is InChI=1S/C10H19Cl/c1-8(2)5-6-9(3)7-10(4)11/h9-10H,1,5-7H2,2-4H3. The summed E-state index contributed by atoms with van der Waals surface area (Å²) in [4.78, 5) is 0. The zero-order chi connectivity index (χ0) is 8.85. The van der Waals surface area contributed by atoms with E-state index >= 15 is 0 Å². The number of hydrogen-bond acceptors (Lipinski definition) is 0. The normalized spacial score (nSPS) is 16.0. The van der Waals surface area contributed by atoms with Crippen LogP contribution in [0.25, 0.3) is 0 Å². The Hall–Kier alpha value is 0.0300. The molecule has 0 saturated heterocycles. The summed E-state index contributed by atoms with van der Waals surface area (Å²) in [6.45, 7) is 10.3. The minimum absolute atomic E-state index is 0.315. The van der Waals surface area contributed by atoms with Crippen molar-refractivity contribution in [2.45, 2.75) is 45.4 Å². The minimum Gasteiger partial charge on any atom is -0.123 e. The van der Waals surface area contributed by atoms with E-state index in [1.807, 2.05) is 0 Å². The summed E-state index contributed by atoms with van der Waals surface area (Å²) in [7, 11) is 0. The van der Waals surface area contributed by atoms with E-state index in [4.69, 9.17) is 11.6 Å². The van der Waals surface area contributed by atoms with Gasteiger partial charge >= 0.3 is 0 Å². The van der Waals surface area contributed by atoms with Gasteiger partial charge in [0.1, 0.15) is 0 Å². The topological polar surface area (TPSA) is 0 Å². The fourth-order valence-corrected chi connectivity index (χ4v) is 1.47. The van der Waals surface area contributed by atoms with Gasteiger partial charge in [0, 0.05) is 5.38 Å². The fourth-order valence-electron chi connectivity index (χ4n) is 1.17. The van der Waals surface area contributed by atoms with Gasteiger partial charge in [-0.05, 0) is 39.0 Å². The second kappa shape index (κ2) is 5.65. The molecule has 0 aromatic carbocycles. The summed E-state index contributed by atoms with van der Waals surface area (Å²) in [6.07, 6.45) is 3.49. The molecular weight excluding hydrogens is 156 g/mol. The fraction of sp³-hybridized carbons (Fsp3) is 0.800. The first kappa shape index (κ1) is 11.0. The molecule has 0 nitrogen and oxygen atoms in total. The molecule has 2 unspecified atom stereocenters. The number of allylic oxidation sites excluding steroid dienone is 1. The Labute approximate surface area is 75.6 Å². The summed E-state index contributed by atoms with van der Waals surface area (Å²) in [5.41, 5.74) is 1.28. The van der Waals surface area contributed by atoms with Crippen LogP contribution in [0.4, 0.5) is 0 Å². The van der Waals surface area contributed by atoms with Gasteiger partial charge in [0.05, 0.1) is 0 Å². The molecule has 0 aromatic rings. The second-order valence-electron chi connectivity index (χ2n) is 3.62. The predicted molar refractivity (Wildman–Crippen MR) is 53.1 cm³/mol. The molecule has 11 heavy (non-hydrogen) atoms. The maximum Gasteiger partial charge on any atom is 0.0310 e. The van der Waals surface area contributed by atoms with Crippen molar-refractivity contribution in [1.29, 1.82) is 0 Å². The Morgan fingerprint density at radius 3 is 2.36 bits per heavy atom. The molecule has 1 heteroatoms. The van der Waals surface area contributed by atoms with Crippen LogP contribution in [0.2, 0.25) is 0 Å². The molecule has 0 rings (SSSR count). The van der Waals surface area contributed by atoms with Crippen LogP contribution in [0.3, 0.4) is 0 Å². The first-order chi connectivity index (χ1) is 5.02. The monoisotopic (exact) mass is 174 g/mol. The van der Waals surface area contributed by atoms with E-state index in [1.54, 1.807) is 0 Å². The van der Waals surface area contributed by atoms with Crippen LogP contribution >= 0.6 is 11.6 Å². The molecule has 0 bridgehead atoms. The van der Waals surface area contributed by atoms with E-state index in [0.29, 0.717) is 5.38 Å². The van der Waals surface area contributed by atoms with Crippen molar-refractivity contribution in [3.63, 3.8) is 0 Å². The largest absolute Gasteiger partial charge is 0.123 e. The Kier molecular flexibility index (Phi) is 5.67. The van der Waals surface area contributed by atoms with Gasteiger partial charge in [0.2, 0.25) is 0 Å². The van der Waals surface area contributed by atoms with E-state index in [-0.39, 0.29) is 0 Å². The van der Waals surface area contributed by atoms with Crippen LogP contribution in [0.1, 0.15) is 40.0 Å². The van der Waals surface area contributed by atoms with Gasteiger partial charge in [-0.3, -0.25) is 0 Å². The summed E-state index contributed by atoms with van der Waals surface area (Å²) >= 11 is 5.87. The van der Waals surface area contributed by atoms with Crippen molar-refractivity contribution < 1.29 is 0 Å². The average Bonchev–Trinajstić information content (AvgIpc) is 1.82. The van der Waals surface area contributed by atoms with Gasteiger partial charge in [-0.2, -0.15) is 0 Å². The lowest BCUT2D eigenvalue weighted by atomic mass is 9.98. The van der Waals surface area contributed by atoms with Crippen LogP contribution in [0, 0.1) is 5.92 Å². The van der Waals surface area contributed by atoms with Gasteiger partial charge in [0.25, 0.3) is 0 Å². The van der Waals surface area contributed by atoms with E-state index in [1.165, 1.54) is 12.0 Å². The zero-order valence-electron chi connectivity index (χ0n) is 7.86. The third-order valence-corrected chi connectivity index (χ3v) is 1.97. The second-order valence-corrected chi connectivity index (χ2v) is 4.36. The van der Waals surface area contributed by atoms with E-state index in [2.05, 4.69) is 27.4 Å². The predicted octanol–water partition coefficient (Wildman–Crippen LogP) is 4.00. The molecule has 0 amide bonds. The summed E-state index contributed by atoms with van der Waals surface area (Å²) < 4.78 is 0. The maximum atomic E-state index is 5.87. The highest BCUT2D eigenvalue weighted by Gasteiger charge is 2.05. The smallest absolute Gasteiger partial charge is 0.0310 e. The van der Waals surface area contributed by atoms with Crippen LogP contribution in [-0.4, -0.2) is 5.38 Å². The van der Waals surface area contributed by atoms with Crippen LogP contribution in [-0.2, 0) is 0 Å². The van der Waals surface area contributed by atoms with Gasteiger partial charge < -0.3 is 0 Å². The number of rotatable bonds is 5. The molecule has 66 valence electrons. The molecule has 0 aliphatic heterocycles. The van der Waals surface area contributed by atoms with Crippen molar-refractivity contribution >= 4 is 11.6 Å². The highest BCUT2D eigenvalue weighted by atomic mass is 35.5. The zero-order valence-corrected chi connectivity index (χ0v) is 8.62. The highest BCUT2D eigenvalue weighted by molar-refractivity contribution is 6.20. The highest BCUT2D eigenvalue weighted by Crippen LogP contribution is 2.17.